The van der Waals surface area contributed by atoms with Gasteiger partial charge in [0.15, 0.2) is 0 Å². The maximum atomic E-state index is 12.4. The van der Waals surface area contributed by atoms with Crippen LogP contribution in [0.15, 0.2) is 30.6 Å². The highest BCUT2D eigenvalue weighted by Crippen LogP contribution is 2.34. The molecule has 4 rings (SSSR count). The number of carbonyl (C=O) groups is 3. The second-order valence-electron chi connectivity index (χ2n) is 8.00. The Hall–Kier alpha value is -2.81. The maximum absolute atomic E-state index is 12.4. The van der Waals surface area contributed by atoms with E-state index in [9.17, 15) is 14.4 Å². The summed E-state index contributed by atoms with van der Waals surface area (Å²) in [6, 6.07) is 1.81. The summed E-state index contributed by atoms with van der Waals surface area (Å²) in [5.74, 6) is -0.472. The van der Waals surface area contributed by atoms with Gasteiger partial charge < -0.3 is 10.2 Å². The molecule has 0 spiro atoms. The highest BCUT2D eigenvalue weighted by molar-refractivity contribution is 6.07. The van der Waals surface area contributed by atoms with Crippen molar-refractivity contribution in [2.24, 2.45) is 11.8 Å². The van der Waals surface area contributed by atoms with Crippen LogP contribution in [0.5, 0.6) is 0 Å². The Labute approximate surface area is 176 Å². The van der Waals surface area contributed by atoms with E-state index in [-0.39, 0.29) is 36.1 Å². The van der Waals surface area contributed by atoms with Crippen molar-refractivity contribution in [3.8, 4) is 0 Å². The number of likely N-dealkylation sites (tertiary alicyclic amines) is 1. The van der Waals surface area contributed by atoms with Gasteiger partial charge >= 0.3 is 0 Å². The van der Waals surface area contributed by atoms with E-state index in [1.165, 1.54) is 0 Å². The van der Waals surface area contributed by atoms with Crippen molar-refractivity contribution in [3.63, 3.8) is 0 Å². The molecular weight excluding hydrogens is 384 g/mol. The molecule has 3 amide bonds. The largest absolute Gasteiger partial charge is 0.354 e. The fourth-order valence-electron chi connectivity index (χ4n) is 4.38. The van der Waals surface area contributed by atoms with Crippen LogP contribution >= 0.6 is 0 Å². The molecule has 30 heavy (non-hydrogen) atoms. The van der Waals surface area contributed by atoms with Crippen molar-refractivity contribution < 1.29 is 14.4 Å². The molecule has 9 nitrogen and oxygen atoms in total. The van der Waals surface area contributed by atoms with E-state index in [2.05, 4.69) is 25.1 Å². The maximum Gasteiger partial charge on any atom is 0.240 e. The molecule has 1 aromatic heterocycles. The molecule has 1 N–H and O–H groups in total. The summed E-state index contributed by atoms with van der Waals surface area (Å²) in [7, 11) is 0. The minimum Gasteiger partial charge on any atom is -0.354 e. The minimum atomic E-state index is -0.282. The summed E-state index contributed by atoms with van der Waals surface area (Å²) in [5, 5.41) is 2.85. The molecule has 1 aromatic rings. The van der Waals surface area contributed by atoms with Crippen LogP contribution in [0.1, 0.15) is 19.3 Å². The predicted octanol–water partition coefficient (Wildman–Crippen LogP) is 0.0561. The molecule has 2 aliphatic heterocycles. The van der Waals surface area contributed by atoms with Gasteiger partial charge in [-0.1, -0.05) is 12.2 Å². The van der Waals surface area contributed by atoms with E-state index in [1.54, 1.807) is 12.4 Å². The Morgan fingerprint density at radius 3 is 2.27 bits per heavy atom. The van der Waals surface area contributed by atoms with E-state index in [1.807, 2.05) is 18.2 Å². The molecule has 160 valence electrons. The van der Waals surface area contributed by atoms with Gasteiger partial charge in [0, 0.05) is 45.1 Å². The van der Waals surface area contributed by atoms with Crippen LogP contribution in [-0.2, 0) is 14.4 Å². The lowest BCUT2D eigenvalue weighted by atomic mass is 9.85. The minimum absolute atomic E-state index is 0.166. The van der Waals surface area contributed by atoms with Gasteiger partial charge in [0.2, 0.25) is 23.7 Å². The van der Waals surface area contributed by atoms with Crippen LogP contribution in [0.4, 0.5) is 5.95 Å². The van der Waals surface area contributed by atoms with Crippen molar-refractivity contribution in [3.05, 3.63) is 30.6 Å². The number of aromatic nitrogens is 2. The molecule has 1 aliphatic carbocycles. The number of imide groups is 1. The zero-order valence-corrected chi connectivity index (χ0v) is 17.1. The lowest BCUT2D eigenvalue weighted by molar-refractivity contribution is -0.143. The first-order valence-electron chi connectivity index (χ1n) is 10.6. The Morgan fingerprint density at radius 1 is 1.00 bits per heavy atom. The molecule has 0 radical (unpaired) electrons. The molecule has 2 saturated heterocycles. The molecule has 3 aliphatic rings. The Bertz CT molecular complexity index is 780. The third-order valence-corrected chi connectivity index (χ3v) is 6.08. The first-order valence-corrected chi connectivity index (χ1v) is 10.6. The topological polar surface area (TPSA) is 98.7 Å². The molecule has 0 saturated carbocycles. The van der Waals surface area contributed by atoms with Gasteiger partial charge in [0.05, 0.1) is 11.8 Å². The van der Waals surface area contributed by atoms with Crippen LogP contribution in [0.25, 0.3) is 0 Å². The number of hydrogen-bond donors (Lipinski definition) is 1. The second-order valence-corrected chi connectivity index (χ2v) is 8.00. The van der Waals surface area contributed by atoms with Gasteiger partial charge in [0.25, 0.3) is 0 Å². The molecule has 2 atom stereocenters. The standard InChI is InChI=1S/C21H28N6O3/c28-18(15-27-19(29)16-5-1-2-6-17(16)20(27)30)22-9-4-10-25-11-13-26(14-12-25)21-23-7-3-8-24-21/h1-3,7-8,16-17H,4-6,9-15H2,(H,22,28). The Morgan fingerprint density at radius 2 is 1.63 bits per heavy atom. The SMILES string of the molecule is O=C(CN1C(=O)C2CC=CCC2C1=O)NCCCN1CCN(c2ncccn2)CC1. The summed E-state index contributed by atoms with van der Waals surface area (Å²) in [6.45, 7) is 4.88. The summed E-state index contributed by atoms with van der Waals surface area (Å²) < 4.78 is 0. The van der Waals surface area contributed by atoms with Gasteiger partial charge in [-0.2, -0.15) is 0 Å². The Kier molecular flexibility index (Phi) is 6.37. The number of amides is 3. The predicted molar refractivity (Wildman–Crippen MR) is 110 cm³/mol. The van der Waals surface area contributed by atoms with E-state index in [0.717, 1.165) is 50.0 Å². The van der Waals surface area contributed by atoms with E-state index < -0.39 is 0 Å². The number of piperazine rings is 1. The van der Waals surface area contributed by atoms with Crippen molar-refractivity contribution in [1.29, 1.82) is 0 Å². The quantitative estimate of drug-likeness (QED) is 0.384. The number of anilines is 1. The molecule has 0 bridgehead atoms. The van der Waals surface area contributed by atoms with Crippen molar-refractivity contribution in [2.45, 2.75) is 19.3 Å². The normalized spacial score (nSPS) is 24.3. The molecule has 9 heteroatoms. The van der Waals surface area contributed by atoms with Crippen molar-refractivity contribution >= 4 is 23.7 Å². The van der Waals surface area contributed by atoms with Crippen molar-refractivity contribution in [2.75, 3.05) is 50.7 Å². The first-order chi connectivity index (χ1) is 14.6. The van der Waals surface area contributed by atoms with Crippen LogP contribution in [-0.4, -0.2) is 83.3 Å². The van der Waals surface area contributed by atoms with E-state index in [0.29, 0.717) is 19.4 Å². The van der Waals surface area contributed by atoms with Crippen LogP contribution < -0.4 is 10.2 Å². The van der Waals surface area contributed by atoms with Gasteiger partial charge in [-0.15, -0.1) is 0 Å². The summed E-state index contributed by atoms with van der Waals surface area (Å²) in [6.07, 6.45) is 9.42. The van der Waals surface area contributed by atoms with Gasteiger partial charge in [-0.05, 0) is 31.9 Å². The molecular formula is C21H28N6O3. The summed E-state index contributed by atoms with van der Waals surface area (Å²) >= 11 is 0. The molecule has 2 fully saturated rings. The number of fused-ring (bicyclic) bond motifs is 1. The lowest BCUT2D eigenvalue weighted by Crippen LogP contribution is -2.47. The highest BCUT2D eigenvalue weighted by atomic mass is 16.2. The second kappa shape index (κ2) is 9.34. The average molecular weight is 412 g/mol. The third kappa shape index (κ3) is 4.51. The molecule has 2 unspecified atom stereocenters. The van der Waals surface area contributed by atoms with E-state index >= 15 is 0 Å². The number of rotatable bonds is 7. The van der Waals surface area contributed by atoms with E-state index in [4.69, 9.17) is 0 Å². The third-order valence-electron chi connectivity index (χ3n) is 6.08. The number of hydrogen-bond acceptors (Lipinski definition) is 7. The lowest BCUT2D eigenvalue weighted by Gasteiger charge is -2.34. The highest BCUT2D eigenvalue weighted by Gasteiger charge is 2.47. The number of carbonyl (C=O) groups excluding carboxylic acids is 3. The zero-order valence-electron chi connectivity index (χ0n) is 17.1. The summed E-state index contributed by atoms with van der Waals surface area (Å²) in [5.41, 5.74) is 0. The number of allylic oxidation sites excluding steroid dienone is 2. The molecule has 0 aromatic carbocycles. The number of nitrogens with one attached hydrogen (secondary N) is 1. The molecule has 3 heterocycles. The first kappa shape index (κ1) is 20.5. The Balaban J connectivity index is 1.13. The van der Waals surface area contributed by atoms with Gasteiger partial charge in [-0.3, -0.25) is 24.2 Å². The summed E-state index contributed by atoms with van der Waals surface area (Å²) in [4.78, 5) is 51.3. The van der Waals surface area contributed by atoms with Gasteiger partial charge in [-0.25, -0.2) is 9.97 Å². The monoisotopic (exact) mass is 412 g/mol. The fraction of sp³-hybridized carbons (Fsp3) is 0.571. The smallest absolute Gasteiger partial charge is 0.240 e. The van der Waals surface area contributed by atoms with Crippen molar-refractivity contribution in [1.82, 2.24) is 25.1 Å². The van der Waals surface area contributed by atoms with Crippen LogP contribution in [0, 0.1) is 11.8 Å². The number of nitrogens with zero attached hydrogens (tertiary/aromatic N) is 5. The zero-order chi connectivity index (χ0) is 20.9. The van der Waals surface area contributed by atoms with Gasteiger partial charge in [0.1, 0.15) is 6.54 Å². The average Bonchev–Trinajstić information content (AvgIpc) is 3.03. The van der Waals surface area contributed by atoms with Crippen LogP contribution in [0.3, 0.4) is 0 Å². The fourth-order valence-corrected chi connectivity index (χ4v) is 4.38. The van der Waals surface area contributed by atoms with Crippen LogP contribution in [0.2, 0.25) is 0 Å².